The van der Waals surface area contributed by atoms with E-state index in [0.29, 0.717) is 5.41 Å². The highest BCUT2D eigenvalue weighted by Gasteiger charge is 2.39. The normalized spacial score (nSPS) is 21.2. The fourth-order valence-electron chi connectivity index (χ4n) is 2.95. The van der Waals surface area contributed by atoms with Gasteiger partial charge in [-0.15, -0.1) is 11.3 Å². The van der Waals surface area contributed by atoms with Gasteiger partial charge in [-0.25, -0.2) is 0 Å². The van der Waals surface area contributed by atoms with E-state index in [-0.39, 0.29) is 6.04 Å². The zero-order chi connectivity index (χ0) is 11.8. The Morgan fingerprint density at radius 1 is 1.50 bits per heavy atom. The molecule has 1 saturated carbocycles. The molecule has 90 valence electrons. The fraction of sp³-hybridized carbons (Fsp3) is 0.692. The first kappa shape index (κ1) is 12.6. The van der Waals surface area contributed by atoms with E-state index in [2.05, 4.69) is 35.8 Å². The van der Waals surface area contributed by atoms with E-state index in [1.165, 1.54) is 46.3 Å². The van der Waals surface area contributed by atoms with Crippen molar-refractivity contribution in [3.8, 4) is 0 Å². The van der Waals surface area contributed by atoms with E-state index >= 15 is 0 Å². The third-order valence-corrected chi connectivity index (χ3v) is 6.13. The lowest BCUT2D eigenvalue weighted by Gasteiger charge is -2.34. The molecule has 1 atom stereocenters. The Hall–Kier alpha value is 0.140. The molecule has 0 aromatic carbocycles. The maximum absolute atomic E-state index is 6.54. The molecule has 0 radical (unpaired) electrons. The van der Waals surface area contributed by atoms with Crippen LogP contribution in [0.2, 0.25) is 0 Å². The monoisotopic (exact) mass is 301 g/mol. The highest BCUT2D eigenvalue weighted by Crippen LogP contribution is 2.51. The van der Waals surface area contributed by atoms with Crippen LogP contribution in [0, 0.1) is 12.3 Å². The van der Waals surface area contributed by atoms with Gasteiger partial charge in [0.1, 0.15) is 0 Å². The zero-order valence-electron chi connectivity index (χ0n) is 10.1. The average molecular weight is 302 g/mol. The minimum absolute atomic E-state index is 0.216. The van der Waals surface area contributed by atoms with Crippen LogP contribution >= 0.6 is 27.3 Å². The second-order valence-corrected chi connectivity index (χ2v) is 7.11. The van der Waals surface area contributed by atoms with Crippen LogP contribution in [0.4, 0.5) is 0 Å². The summed E-state index contributed by atoms with van der Waals surface area (Å²) in [6.45, 7) is 4.44. The van der Waals surface area contributed by atoms with E-state index in [4.69, 9.17) is 5.73 Å². The SMILES string of the molecule is CCC1(C(N)c2sc(C)cc2Br)CCCC1. The van der Waals surface area contributed by atoms with E-state index < -0.39 is 0 Å². The number of rotatable bonds is 3. The van der Waals surface area contributed by atoms with Gasteiger partial charge in [0, 0.05) is 20.3 Å². The van der Waals surface area contributed by atoms with Crippen molar-refractivity contribution >= 4 is 27.3 Å². The van der Waals surface area contributed by atoms with Crippen LogP contribution in [0.15, 0.2) is 10.5 Å². The molecule has 0 bridgehead atoms. The molecule has 0 spiro atoms. The summed E-state index contributed by atoms with van der Waals surface area (Å²) in [5.74, 6) is 0. The molecule has 1 aliphatic rings. The van der Waals surface area contributed by atoms with Crippen molar-refractivity contribution in [2.24, 2.45) is 11.1 Å². The molecule has 1 unspecified atom stereocenters. The summed E-state index contributed by atoms with van der Waals surface area (Å²) in [4.78, 5) is 2.70. The summed E-state index contributed by atoms with van der Waals surface area (Å²) in [5.41, 5.74) is 6.90. The number of hydrogen-bond acceptors (Lipinski definition) is 2. The summed E-state index contributed by atoms with van der Waals surface area (Å²) >= 11 is 5.50. The molecule has 0 amide bonds. The summed E-state index contributed by atoms with van der Waals surface area (Å²) in [6, 6.07) is 2.41. The molecule has 3 heteroatoms. The smallest absolute Gasteiger partial charge is 0.0458 e. The first-order valence-corrected chi connectivity index (χ1v) is 7.71. The number of thiophene rings is 1. The largest absolute Gasteiger partial charge is 0.323 e. The highest BCUT2D eigenvalue weighted by molar-refractivity contribution is 9.10. The Kier molecular flexibility index (Phi) is 3.77. The van der Waals surface area contributed by atoms with Crippen molar-refractivity contribution in [2.75, 3.05) is 0 Å². The van der Waals surface area contributed by atoms with Crippen molar-refractivity contribution < 1.29 is 0 Å². The quantitative estimate of drug-likeness (QED) is 0.853. The van der Waals surface area contributed by atoms with E-state index in [0.717, 1.165) is 0 Å². The van der Waals surface area contributed by atoms with E-state index in [1.54, 1.807) is 0 Å². The molecule has 0 aliphatic heterocycles. The van der Waals surface area contributed by atoms with Crippen LogP contribution in [0.1, 0.15) is 54.8 Å². The van der Waals surface area contributed by atoms with Crippen molar-refractivity contribution in [1.82, 2.24) is 0 Å². The standard InChI is InChI=1S/C13H20BrNS/c1-3-13(6-4-5-7-13)12(15)11-10(14)8-9(2)16-11/h8,12H,3-7,15H2,1-2H3. The molecular formula is C13H20BrNS. The number of aryl methyl sites for hydroxylation is 1. The van der Waals surface area contributed by atoms with Gasteiger partial charge in [0.2, 0.25) is 0 Å². The Morgan fingerprint density at radius 3 is 2.56 bits per heavy atom. The molecule has 0 saturated heterocycles. The first-order chi connectivity index (χ1) is 7.59. The minimum atomic E-state index is 0.216. The molecule has 1 aliphatic carbocycles. The molecule has 1 nitrogen and oxygen atoms in total. The Labute approximate surface area is 111 Å². The van der Waals surface area contributed by atoms with Gasteiger partial charge in [-0.05, 0) is 53.6 Å². The van der Waals surface area contributed by atoms with Crippen LogP contribution in [0.5, 0.6) is 0 Å². The molecule has 1 aromatic rings. The average Bonchev–Trinajstić information content (AvgIpc) is 2.85. The maximum Gasteiger partial charge on any atom is 0.0458 e. The van der Waals surface area contributed by atoms with Crippen molar-refractivity contribution in [3.05, 3.63) is 20.3 Å². The molecule has 2 N–H and O–H groups in total. The number of nitrogens with two attached hydrogens (primary N) is 1. The highest BCUT2D eigenvalue weighted by atomic mass is 79.9. The van der Waals surface area contributed by atoms with Gasteiger partial charge < -0.3 is 5.73 Å². The maximum atomic E-state index is 6.54. The van der Waals surface area contributed by atoms with Gasteiger partial charge in [-0.1, -0.05) is 19.8 Å². The van der Waals surface area contributed by atoms with E-state index in [1.807, 2.05) is 11.3 Å². The van der Waals surface area contributed by atoms with Gasteiger partial charge in [0.25, 0.3) is 0 Å². The Balaban J connectivity index is 2.29. The van der Waals surface area contributed by atoms with E-state index in [9.17, 15) is 0 Å². The second kappa shape index (κ2) is 4.79. The predicted octanol–water partition coefficient (Wildman–Crippen LogP) is 4.79. The van der Waals surface area contributed by atoms with Crippen LogP contribution in [0.25, 0.3) is 0 Å². The first-order valence-electron chi connectivity index (χ1n) is 6.10. The molecule has 1 fully saturated rings. The van der Waals surface area contributed by atoms with Gasteiger partial charge >= 0.3 is 0 Å². The lowest BCUT2D eigenvalue weighted by atomic mass is 9.76. The topological polar surface area (TPSA) is 26.0 Å². The number of halogens is 1. The third kappa shape index (κ3) is 2.09. The van der Waals surface area contributed by atoms with Crippen molar-refractivity contribution in [1.29, 1.82) is 0 Å². The van der Waals surface area contributed by atoms with Crippen LogP contribution < -0.4 is 5.73 Å². The molecule has 1 aromatic heterocycles. The predicted molar refractivity (Wildman–Crippen MR) is 74.9 cm³/mol. The lowest BCUT2D eigenvalue weighted by molar-refractivity contribution is 0.224. The summed E-state index contributed by atoms with van der Waals surface area (Å²) in [5, 5.41) is 0. The summed E-state index contributed by atoms with van der Waals surface area (Å²) in [7, 11) is 0. The number of hydrogen-bond donors (Lipinski definition) is 1. The summed E-state index contributed by atoms with van der Waals surface area (Å²) < 4.78 is 1.21. The lowest BCUT2D eigenvalue weighted by Crippen LogP contribution is -2.31. The zero-order valence-corrected chi connectivity index (χ0v) is 12.5. The van der Waals surface area contributed by atoms with Crippen LogP contribution in [-0.2, 0) is 0 Å². The summed E-state index contributed by atoms with van der Waals surface area (Å²) in [6.07, 6.45) is 6.51. The fourth-order valence-corrected chi connectivity index (χ4v) is 5.00. The third-order valence-electron chi connectivity index (χ3n) is 4.08. The minimum Gasteiger partial charge on any atom is -0.323 e. The van der Waals surface area contributed by atoms with Gasteiger partial charge in [-0.2, -0.15) is 0 Å². The second-order valence-electron chi connectivity index (χ2n) is 4.97. The van der Waals surface area contributed by atoms with Gasteiger partial charge in [0.05, 0.1) is 0 Å². The molecule has 2 rings (SSSR count). The Morgan fingerprint density at radius 2 is 2.12 bits per heavy atom. The van der Waals surface area contributed by atoms with Crippen molar-refractivity contribution in [2.45, 2.75) is 52.0 Å². The molecule has 1 heterocycles. The molecular weight excluding hydrogens is 282 g/mol. The molecule has 16 heavy (non-hydrogen) atoms. The van der Waals surface area contributed by atoms with Gasteiger partial charge in [0.15, 0.2) is 0 Å². The Bertz CT molecular complexity index is 366. The van der Waals surface area contributed by atoms with Crippen LogP contribution in [0.3, 0.4) is 0 Å². The van der Waals surface area contributed by atoms with Crippen molar-refractivity contribution in [3.63, 3.8) is 0 Å². The van der Waals surface area contributed by atoms with Crippen LogP contribution in [-0.4, -0.2) is 0 Å². The van der Waals surface area contributed by atoms with Gasteiger partial charge in [-0.3, -0.25) is 0 Å².